The predicted octanol–water partition coefficient (Wildman–Crippen LogP) is 2.21. The summed E-state index contributed by atoms with van der Waals surface area (Å²) in [6, 6.07) is 10.3. The second-order valence-electron chi connectivity index (χ2n) is 7.84. The second-order valence-corrected chi connectivity index (χ2v) is 9.73. The highest BCUT2D eigenvalue weighted by atomic mass is 32.2. The number of rotatable bonds is 7. The average Bonchev–Trinajstić information content (AvgIpc) is 3.59. The molecule has 0 spiro atoms. The highest BCUT2D eigenvalue weighted by Crippen LogP contribution is 2.31. The van der Waals surface area contributed by atoms with Crippen LogP contribution >= 0.6 is 0 Å². The largest absolute Gasteiger partial charge is 0.457 e. The number of ether oxygens (including phenoxy) is 1. The summed E-state index contributed by atoms with van der Waals surface area (Å²) in [7, 11) is -3.97. The molecule has 10 heteroatoms. The first-order chi connectivity index (χ1) is 14.9. The van der Waals surface area contributed by atoms with Crippen LogP contribution in [0.3, 0.4) is 0 Å². The SMILES string of the molecule is O=C(NO)C1CN(CC2CC2)CCN1S(=O)(=O)c1ccc(Oc2ccc(F)cc2)cc1. The number of carbonyl (C=O) groups excluding carboxylic acids is 1. The Labute approximate surface area is 180 Å². The molecular weight excluding hydrogens is 425 g/mol. The maximum absolute atomic E-state index is 13.2. The van der Waals surface area contributed by atoms with E-state index in [2.05, 4.69) is 4.90 Å². The van der Waals surface area contributed by atoms with Gasteiger partial charge in [0.1, 0.15) is 23.4 Å². The van der Waals surface area contributed by atoms with Crippen molar-refractivity contribution >= 4 is 15.9 Å². The van der Waals surface area contributed by atoms with Crippen molar-refractivity contribution in [1.29, 1.82) is 0 Å². The second kappa shape index (κ2) is 8.91. The Morgan fingerprint density at radius 1 is 1.06 bits per heavy atom. The molecule has 1 aliphatic heterocycles. The number of carbonyl (C=O) groups is 1. The summed E-state index contributed by atoms with van der Waals surface area (Å²) in [5, 5.41) is 9.14. The van der Waals surface area contributed by atoms with E-state index < -0.39 is 22.0 Å². The van der Waals surface area contributed by atoms with E-state index >= 15 is 0 Å². The van der Waals surface area contributed by atoms with Gasteiger partial charge in [-0.2, -0.15) is 4.31 Å². The van der Waals surface area contributed by atoms with Crippen molar-refractivity contribution in [1.82, 2.24) is 14.7 Å². The van der Waals surface area contributed by atoms with E-state index in [0.29, 0.717) is 24.0 Å². The summed E-state index contributed by atoms with van der Waals surface area (Å²) in [5.74, 6) is 0.287. The average molecular weight is 450 g/mol. The van der Waals surface area contributed by atoms with Crippen molar-refractivity contribution in [2.45, 2.75) is 23.8 Å². The van der Waals surface area contributed by atoms with Gasteiger partial charge in [0.15, 0.2) is 0 Å². The first-order valence-electron chi connectivity index (χ1n) is 10.1. The monoisotopic (exact) mass is 449 g/mol. The highest BCUT2D eigenvalue weighted by Gasteiger charge is 2.41. The summed E-state index contributed by atoms with van der Waals surface area (Å²) in [6.07, 6.45) is 2.31. The highest BCUT2D eigenvalue weighted by molar-refractivity contribution is 7.89. The van der Waals surface area contributed by atoms with Crippen LogP contribution in [-0.4, -0.2) is 61.0 Å². The van der Waals surface area contributed by atoms with Crippen molar-refractivity contribution in [2.24, 2.45) is 5.92 Å². The van der Waals surface area contributed by atoms with E-state index in [-0.39, 0.29) is 23.8 Å². The lowest BCUT2D eigenvalue weighted by molar-refractivity contribution is -0.135. The number of nitrogens with one attached hydrogen (secondary N) is 1. The standard InChI is InChI=1S/C21H24FN3O5S/c22-16-3-5-17(6-4-16)30-18-7-9-19(10-8-18)31(28,29)25-12-11-24(13-15-1-2-15)14-20(25)21(26)23-27/h3-10,15,20,27H,1-2,11-14H2,(H,23,26). The number of hydrogen-bond acceptors (Lipinski definition) is 6. The fourth-order valence-electron chi connectivity index (χ4n) is 3.68. The molecule has 2 aromatic rings. The van der Waals surface area contributed by atoms with E-state index in [4.69, 9.17) is 9.94 Å². The Morgan fingerprint density at radius 2 is 1.68 bits per heavy atom. The van der Waals surface area contributed by atoms with E-state index in [1.165, 1.54) is 48.5 Å². The molecule has 1 unspecified atom stereocenters. The van der Waals surface area contributed by atoms with Gasteiger partial charge in [-0.25, -0.2) is 18.3 Å². The smallest absolute Gasteiger partial charge is 0.263 e. The zero-order chi connectivity index (χ0) is 22.0. The molecule has 2 aromatic carbocycles. The number of hydroxylamine groups is 1. The Hall–Kier alpha value is -2.53. The molecule has 166 valence electrons. The minimum absolute atomic E-state index is 0.0188. The van der Waals surface area contributed by atoms with Gasteiger partial charge >= 0.3 is 0 Å². The molecule has 1 aliphatic carbocycles. The van der Waals surface area contributed by atoms with E-state index in [9.17, 15) is 17.6 Å². The molecule has 0 aromatic heterocycles. The minimum atomic E-state index is -3.97. The Bertz CT molecular complexity index is 1030. The van der Waals surface area contributed by atoms with Crippen LogP contribution in [0.4, 0.5) is 4.39 Å². The number of amides is 1. The lowest BCUT2D eigenvalue weighted by atomic mass is 10.2. The predicted molar refractivity (Wildman–Crippen MR) is 110 cm³/mol. The van der Waals surface area contributed by atoms with Crippen molar-refractivity contribution in [3.05, 3.63) is 54.3 Å². The van der Waals surface area contributed by atoms with Gasteiger partial charge in [-0.15, -0.1) is 0 Å². The number of hydrogen-bond donors (Lipinski definition) is 2. The zero-order valence-corrected chi connectivity index (χ0v) is 17.6. The molecule has 0 radical (unpaired) electrons. The molecule has 2 N–H and O–H groups in total. The Balaban J connectivity index is 1.50. The first-order valence-corrected chi connectivity index (χ1v) is 11.5. The number of benzene rings is 2. The summed E-state index contributed by atoms with van der Waals surface area (Å²) in [5.41, 5.74) is 1.60. The number of sulfonamides is 1. The van der Waals surface area contributed by atoms with Gasteiger partial charge < -0.3 is 4.74 Å². The number of halogens is 1. The molecule has 8 nitrogen and oxygen atoms in total. The van der Waals surface area contributed by atoms with Gasteiger partial charge in [0, 0.05) is 26.2 Å². The van der Waals surface area contributed by atoms with Crippen molar-refractivity contribution in [3.63, 3.8) is 0 Å². The lowest BCUT2D eigenvalue weighted by Crippen LogP contribution is -2.60. The van der Waals surface area contributed by atoms with Gasteiger partial charge in [0.25, 0.3) is 5.91 Å². The molecule has 4 rings (SSSR count). The third kappa shape index (κ3) is 5.04. The summed E-state index contributed by atoms with van der Waals surface area (Å²) < 4.78 is 46.2. The fraction of sp³-hybridized carbons (Fsp3) is 0.381. The molecule has 1 saturated carbocycles. The van der Waals surface area contributed by atoms with E-state index in [0.717, 1.165) is 23.7 Å². The quantitative estimate of drug-likeness (QED) is 0.497. The van der Waals surface area contributed by atoms with Gasteiger partial charge in [-0.05, 0) is 67.3 Å². The summed E-state index contributed by atoms with van der Waals surface area (Å²) in [4.78, 5) is 14.3. The molecule has 1 atom stereocenters. The zero-order valence-electron chi connectivity index (χ0n) is 16.8. The molecule has 1 saturated heterocycles. The van der Waals surface area contributed by atoms with E-state index in [1.807, 2.05) is 0 Å². The van der Waals surface area contributed by atoms with Gasteiger partial charge in [-0.3, -0.25) is 14.9 Å². The number of piperazine rings is 1. The summed E-state index contributed by atoms with van der Waals surface area (Å²) >= 11 is 0. The van der Waals surface area contributed by atoms with Crippen LogP contribution in [0.25, 0.3) is 0 Å². The Kier molecular flexibility index (Phi) is 6.24. The molecule has 2 aliphatic rings. The van der Waals surface area contributed by atoms with Crippen molar-refractivity contribution in [3.8, 4) is 11.5 Å². The van der Waals surface area contributed by atoms with Crippen LogP contribution < -0.4 is 10.2 Å². The van der Waals surface area contributed by atoms with Crippen LogP contribution in [0.1, 0.15) is 12.8 Å². The molecule has 31 heavy (non-hydrogen) atoms. The van der Waals surface area contributed by atoms with Crippen LogP contribution in [0.2, 0.25) is 0 Å². The minimum Gasteiger partial charge on any atom is -0.457 e. The maximum Gasteiger partial charge on any atom is 0.263 e. The maximum atomic E-state index is 13.2. The third-order valence-corrected chi connectivity index (χ3v) is 7.44. The lowest BCUT2D eigenvalue weighted by Gasteiger charge is -2.39. The van der Waals surface area contributed by atoms with Crippen molar-refractivity contribution < 1.29 is 27.5 Å². The van der Waals surface area contributed by atoms with Crippen LogP contribution in [-0.2, 0) is 14.8 Å². The normalized spacial score (nSPS) is 20.4. The molecule has 1 amide bonds. The molecule has 1 heterocycles. The molecule has 2 fully saturated rings. The Morgan fingerprint density at radius 3 is 2.26 bits per heavy atom. The van der Waals surface area contributed by atoms with Gasteiger partial charge in [-0.1, -0.05) is 0 Å². The van der Waals surface area contributed by atoms with E-state index in [1.54, 1.807) is 5.48 Å². The van der Waals surface area contributed by atoms with Gasteiger partial charge in [0.05, 0.1) is 4.90 Å². The topological polar surface area (TPSA) is 99.2 Å². The number of nitrogens with zero attached hydrogens (tertiary/aromatic N) is 2. The fourth-order valence-corrected chi connectivity index (χ4v) is 5.25. The van der Waals surface area contributed by atoms with Crippen LogP contribution in [0.5, 0.6) is 11.5 Å². The molecule has 0 bridgehead atoms. The summed E-state index contributed by atoms with van der Waals surface area (Å²) in [6.45, 7) is 1.74. The van der Waals surface area contributed by atoms with Crippen LogP contribution in [0.15, 0.2) is 53.4 Å². The van der Waals surface area contributed by atoms with Crippen molar-refractivity contribution in [2.75, 3.05) is 26.2 Å². The first kappa shape index (κ1) is 21.7. The van der Waals surface area contributed by atoms with Crippen LogP contribution in [0, 0.1) is 11.7 Å². The third-order valence-electron chi connectivity index (χ3n) is 5.52. The van der Waals surface area contributed by atoms with Gasteiger partial charge in [0.2, 0.25) is 10.0 Å². The molecular formula is C21H24FN3O5S.